The fraction of sp³-hybridized carbons (Fsp3) is 0.923. The minimum absolute atomic E-state index is 0.0263. The summed E-state index contributed by atoms with van der Waals surface area (Å²) in [7, 11) is 0. The van der Waals surface area contributed by atoms with Crippen LogP contribution in [0.15, 0.2) is 0 Å². The lowest BCUT2D eigenvalue weighted by Gasteiger charge is -2.62. The van der Waals surface area contributed by atoms with E-state index in [2.05, 4.69) is 34.6 Å². The smallest absolute Gasteiger partial charge is 0.306 e. The van der Waals surface area contributed by atoms with Crippen LogP contribution in [0.1, 0.15) is 92.4 Å². The lowest BCUT2D eigenvalue weighted by molar-refractivity contribution is -0.168. The number of hydrogen-bond acceptors (Lipinski definition) is 3. The van der Waals surface area contributed by atoms with Crippen LogP contribution in [0.3, 0.4) is 0 Å². The molecule has 5 saturated carbocycles. The molecule has 3 heteroatoms. The molecular weight excluding hydrogens is 360 g/mol. The first kappa shape index (κ1) is 18.9. The molecule has 0 aromatic rings. The molecule has 0 radical (unpaired) electrons. The number of hydrogen-bond donors (Lipinski definition) is 0. The van der Waals surface area contributed by atoms with Gasteiger partial charge in [-0.2, -0.15) is 0 Å². The highest BCUT2D eigenvalue weighted by atomic mass is 16.5. The van der Waals surface area contributed by atoms with Crippen molar-refractivity contribution in [2.24, 2.45) is 50.7 Å². The highest BCUT2D eigenvalue weighted by Gasteiger charge is 2.83. The first-order valence-corrected chi connectivity index (χ1v) is 12.2. The molecule has 0 aromatic heterocycles. The lowest BCUT2D eigenvalue weighted by atomic mass is 9.42. The van der Waals surface area contributed by atoms with E-state index in [0.29, 0.717) is 40.8 Å². The third-order valence-corrected chi connectivity index (χ3v) is 12.3. The van der Waals surface area contributed by atoms with Crippen molar-refractivity contribution in [1.82, 2.24) is 0 Å². The van der Waals surface area contributed by atoms with Crippen molar-refractivity contribution < 1.29 is 14.3 Å². The number of Topliss-reactive ketones (excluding diaryl/α,β-unsaturated/α-hetero) is 1. The topological polar surface area (TPSA) is 43.4 Å². The molecule has 3 nitrogen and oxygen atoms in total. The molecule has 9 atom stereocenters. The number of carbonyl (C=O) groups excluding carboxylic acids is 2. The van der Waals surface area contributed by atoms with Gasteiger partial charge in [-0.1, -0.05) is 34.6 Å². The summed E-state index contributed by atoms with van der Waals surface area (Å²) in [5.41, 5.74) is 1.29. The molecule has 5 aliphatic carbocycles. The molecule has 0 N–H and O–H groups in total. The zero-order chi connectivity index (χ0) is 20.6. The zero-order valence-electron chi connectivity index (χ0n) is 19.0. The lowest BCUT2D eigenvalue weighted by Crippen LogP contribution is -2.57. The fourth-order valence-electron chi connectivity index (χ4n) is 11.0. The van der Waals surface area contributed by atoms with Crippen molar-refractivity contribution in [3.63, 3.8) is 0 Å². The molecule has 0 unspecified atom stereocenters. The van der Waals surface area contributed by atoms with E-state index in [1.54, 1.807) is 0 Å². The standard InChI is InChI=1S/C26H38O3/c1-15-12-20(28)29-16-13-24(5)18-7-6-17-22(2,3)19(27)8-9-25(17)14-26(18,25)11-10-23(24,4)21(15)16/h15-18,21H,6-14H2,1-5H3/t15-,16-,17-,18+,21-,23-,24+,25+,26+/m1/s1. The third-order valence-electron chi connectivity index (χ3n) is 12.3. The second-order valence-electron chi connectivity index (χ2n) is 13.1. The summed E-state index contributed by atoms with van der Waals surface area (Å²) in [5, 5.41) is 0. The maximum Gasteiger partial charge on any atom is 0.306 e. The van der Waals surface area contributed by atoms with Gasteiger partial charge in [0.25, 0.3) is 0 Å². The van der Waals surface area contributed by atoms with Gasteiger partial charge in [-0.3, -0.25) is 9.59 Å². The largest absolute Gasteiger partial charge is 0.462 e. The van der Waals surface area contributed by atoms with Crippen LogP contribution >= 0.6 is 0 Å². The average Bonchev–Trinajstić information content (AvgIpc) is 3.23. The van der Waals surface area contributed by atoms with Crippen molar-refractivity contribution in [2.75, 3.05) is 0 Å². The maximum absolute atomic E-state index is 12.8. The minimum Gasteiger partial charge on any atom is -0.462 e. The molecule has 2 spiro atoms. The van der Waals surface area contributed by atoms with Gasteiger partial charge in [0.15, 0.2) is 0 Å². The van der Waals surface area contributed by atoms with Crippen molar-refractivity contribution in [3.05, 3.63) is 0 Å². The summed E-state index contributed by atoms with van der Waals surface area (Å²) >= 11 is 0. The quantitative estimate of drug-likeness (QED) is 0.502. The molecule has 6 rings (SSSR count). The zero-order valence-corrected chi connectivity index (χ0v) is 19.0. The van der Waals surface area contributed by atoms with Crippen LogP contribution in [-0.2, 0) is 14.3 Å². The highest BCUT2D eigenvalue weighted by Crippen LogP contribution is 2.89. The summed E-state index contributed by atoms with van der Waals surface area (Å²) in [5.74, 6) is 2.83. The van der Waals surface area contributed by atoms with Crippen molar-refractivity contribution in [2.45, 2.75) is 98.5 Å². The Kier molecular flexibility index (Phi) is 3.34. The van der Waals surface area contributed by atoms with E-state index in [9.17, 15) is 9.59 Å². The number of esters is 1. The Bertz CT molecular complexity index is 815. The van der Waals surface area contributed by atoms with E-state index in [-0.39, 0.29) is 28.3 Å². The Morgan fingerprint density at radius 2 is 1.59 bits per heavy atom. The molecule has 1 aliphatic heterocycles. The van der Waals surface area contributed by atoms with Gasteiger partial charge in [-0.15, -0.1) is 0 Å². The Hall–Kier alpha value is -0.860. The normalized spacial score (nSPS) is 59.6. The minimum atomic E-state index is -0.137. The Labute approximate surface area is 175 Å². The third kappa shape index (κ3) is 1.86. The molecule has 1 heterocycles. The predicted molar refractivity (Wildman–Crippen MR) is 111 cm³/mol. The van der Waals surface area contributed by atoms with Gasteiger partial charge in [-0.25, -0.2) is 0 Å². The molecule has 6 fully saturated rings. The highest BCUT2D eigenvalue weighted by molar-refractivity contribution is 5.86. The molecular formula is C26H38O3. The van der Waals surface area contributed by atoms with E-state index < -0.39 is 0 Å². The van der Waals surface area contributed by atoms with E-state index in [0.717, 1.165) is 25.2 Å². The predicted octanol–water partition coefficient (Wildman–Crippen LogP) is 5.56. The van der Waals surface area contributed by atoms with Gasteiger partial charge in [0.05, 0.1) is 0 Å². The van der Waals surface area contributed by atoms with Gasteiger partial charge < -0.3 is 4.74 Å². The first-order chi connectivity index (χ1) is 13.5. The summed E-state index contributed by atoms with van der Waals surface area (Å²) in [6.07, 6.45) is 10.2. The van der Waals surface area contributed by atoms with Gasteiger partial charge in [0, 0.05) is 24.2 Å². The number of fused-ring (bicyclic) bond motifs is 4. The van der Waals surface area contributed by atoms with Crippen LogP contribution in [0, 0.1) is 50.7 Å². The van der Waals surface area contributed by atoms with Crippen LogP contribution in [0.5, 0.6) is 0 Å². The second kappa shape index (κ2) is 5.13. The van der Waals surface area contributed by atoms with Crippen LogP contribution in [0.2, 0.25) is 0 Å². The van der Waals surface area contributed by atoms with Gasteiger partial charge in [0.1, 0.15) is 11.9 Å². The van der Waals surface area contributed by atoms with Crippen molar-refractivity contribution >= 4 is 11.8 Å². The summed E-state index contributed by atoms with van der Waals surface area (Å²) in [6.45, 7) is 11.9. The average molecular weight is 399 g/mol. The van der Waals surface area contributed by atoms with E-state index >= 15 is 0 Å². The van der Waals surface area contributed by atoms with Crippen molar-refractivity contribution in [3.8, 4) is 0 Å². The Morgan fingerprint density at radius 3 is 2.34 bits per heavy atom. The SMILES string of the molecule is C[C@@H]1CC(=O)O[C@@H]2C[C@@]3(C)[C@@H]4CC[C@@H]5C(C)(C)C(=O)CC[C@]56C[C@@]46CC[C@]3(C)[C@H]12. The monoisotopic (exact) mass is 398 g/mol. The summed E-state index contributed by atoms with van der Waals surface area (Å²) < 4.78 is 6.00. The molecule has 0 bridgehead atoms. The van der Waals surface area contributed by atoms with Crippen LogP contribution in [0.4, 0.5) is 0 Å². The van der Waals surface area contributed by atoms with Gasteiger partial charge in [0.2, 0.25) is 0 Å². The Balaban J connectivity index is 1.41. The number of ether oxygens (including phenoxy) is 1. The van der Waals surface area contributed by atoms with E-state index in [1.165, 1.54) is 32.1 Å². The number of carbonyl (C=O) groups is 2. The first-order valence-electron chi connectivity index (χ1n) is 12.2. The molecule has 6 aliphatic rings. The van der Waals surface area contributed by atoms with Crippen LogP contribution in [0.25, 0.3) is 0 Å². The number of ketones is 1. The molecule has 160 valence electrons. The van der Waals surface area contributed by atoms with Gasteiger partial charge >= 0.3 is 5.97 Å². The summed E-state index contributed by atoms with van der Waals surface area (Å²) in [6, 6.07) is 0. The summed E-state index contributed by atoms with van der Waals surface area (Å²) in [4.78, 5) is 25.0. The maximum atomic E-state index is 12.8. The second-order valence-corrected chi connectivity index (χ2v) is 13.1. The van der Waals surface area contributed by atoms with Crippen LogP contribution in [-0.4, -0.2) is 17.9 Å². The van der Waals surface area contributed by atoms with E-state index in [1.807, 2.05) is 0 Å². The number of rotatable bonds is 0. The van der Waals surface area contributed by atoms with Crippen molar-refractivity contribution in [1.29, 1.82) is 0 Å². The van der Waals surface area contributed by atoms with Crippen LogP contribution < -0.4 is 0 Å². The molecule has 0 aromatic carbocycles. The molecule has 0 amide bonds. The Morgan fingerprint density at radius 1 is 0.897 bits per heavy atom. The van der Waals surface area contributed by atoms with Gasteiger partial charge in [-0.05, 0) is 84.4 Å². The fourth-order valence-corrected chi connectivity index (χ4v) is 11.0. The molecule has 1 saturated heterocycles. The van der Waals surface area contributed by atoms with E-state index in [4.69, 9.17) is 4.74 Å². The molecule has 29 heavy (non-hydrogen) atoms.